The third-order valence-corrected chi connectivity index (χ3v) is 5.87. The summed E-state index contributed by atoms with van der Waals surface area (Å²) in [5.41, 5.74) is 3.06. The SMILES string of the molecule is CCC(COC)(NC(=O)COCCNC(=O)OCC1c2ccccc2-c2ccccc21)C(=O)O. The molecule has 0 aromatic heterocycles. The normalized spacial score (nSPS) is 13.9. The van der Waals surface area contributed by atoms with E-state index in [0.717, 1.165) is 22.3 Å². The van der Waals surface area contributed by atoms with E-state index < -0.39 is 23.5 Å². The first kappa shape index (κ1) is 25.2. The molecule has 3 N–H and O–H groups in total. The molecule has 0 heterocycles. The molecular weight excluding hydrogens is 440 g/mol. The van der Waals surface area contributed by atoms with E-state index in [-0.39, 0.29) is 45.3 Å². The van der Waals surface area contributed by atoms with Crippen LogP contribution in [0, 0.1) is 0 Å². The molecule has 3 rings (SSSR count). The lowest BCUT2D eigenvalue weighted by Gasteiger charge is -2.28. The molecule has 1 aliphatic rings. The summed E-state index contributed by atoms with van der Waals surface area (Å²) in [5, 5.41) is 14.5. The third-order valence-electron chi connectivity index (χ3n) is 5.87. The van der Waals surface area contributed by atoms with Gasteiger partial charge < -0.3 is 30.0 Å². The molecule has 182 valence electrons. The van der Waals surface area contributed by atoms with Gasteiger partial charge in [-0.1, -0.05) is 55.5 Å². The van der Waals surface area contributed by atoms with Crippen molar-refractivity contribution in [1.82, 2.24) is 10.6 Å². The zero-order valence-corrected chi connectivity index (χ0v) is 19.3. The Morgan fingerprint density at radius 2 is 1.65 bits per heavy atom. The van der Waals surface area contributed by atoms with Crippen molar-refractivity contribution in [1.29, 1.82) is 0 Å². The Labute approximate surface area is 198 Å². The number of hydrogen-bond donors (Lipinski definition) is 3. The number of hydrogen-bond acceptors (Lipinski definition) is 6. The fourth-order valence-corrected chi connectivity index (χ4v) is 4.08. The number of carboxylic acid groups (broad SMARTS) is 1. The van der Waals surface area contributed by atoms with E-state index in [4.69, 9.17) is 14.2 Å². The largest absolute Gasteiger partial charge is 0.479 e. The van der Waals surface area contributed by atoms with Crippen molar-refractivity contribution in [2.45, 2.75) is 24.8 Å². The van der Waals surface area contributed by atoms with Gasteiger partial charge in [0.25, 0.3) is 0 Å². The van der Waals surface area contributed by atoms with Crippen molar-refractivity contribution in [3.05, 3.63) is 59.7 Å². The van der Waals surface area contributed by atoms with Gasteiger partial charge in [-0.05, 0) is 28.7 Å². The smallest absolute Gasteiger partial charge is 0.407 e. The van der Waals surface area contributed by atoms with Gasteiger partial charge in [0.1, 0.15) is 13.2 Å². The van der Waals surface area contributed by atoms with Crippen LogP contribution in [0.5, 0.6) is 0 Å². The average molecular weight is 471 g/mol. The summed E-state index contributed by atoms with van der Waals surface area (Å²) in [6.45, 7) is 1.55. The zero-order chi connectivity index (χ0) is 24.6. The van der Waals surface area contributed by atoms with Crippen molar-refractivity contribution >= 4 is 18.0 Å². The number of carbonyl (C=O) groups excluding carboxylic acids is 2. The lowest BCUT2D eigenvalue weighted by molar-refractivity contribution is -0.151. The van der Waals surface area contributed by atoms with Crippen LogP contribution in [0.25, 0.3) is 11.1 Å². The van der Waals surface area contributed by atoms with Crippen LogP contribution in [0.1, 0.15) is 30.4 Å². The lowest BCUT2D eigenvalue weighted by atomic mass is 9.97. The van der Waals surface area contributed by atoms with Crippen LogP contribution in [-0.2, 0) is 23.8 Å². The first-order chi connectivity index (χ1) is 16.4. The zero-order valence-electron chi connectivity index (χ0n) is 19.3. The number of ether oxygens (including phenoxy) is 3. The van der Waals surface area contributed by atoms with Gasteiger partial charge in [0, 0.05) is 19.6 Å². The Bertz CT molecular complexity index is 980. The van der Waals surface area contributed by atoms with Crippen LogP contribution in [-0.4, -0.2) is 68.7 Å². The quantitative estimate of drug-likeness (QED) is 0.407. The molecule has 9 nitrogen and oxygen atoms in total. The average Bonchev–Trinajstić information content (AvgIpc) is 3.15. The first-order valence-corrected chi connectivity index (χ1v) is 11.1. The van der Waals surface area contributed by atoms with Gasteiger partial charge in [-0.15, -0.1) is 0 Å². The highest BCUT2D eigenvalue weighted by Crippen LogP contribution is 2.44. The monoisotopic (exact) mass is 470 g/mol. The predicted octanol–water partition coefficient (Wildman–Crippen LogP) is 2.54. The number of fused-ring (bicyclic) bond motifs is 3. The summed E-state index contributed by atoms with van der Waals surface area (Å²) >= 11 is 0. The molecule has 0 aliphatic heterocycles. The van der Waals surface area contributed by atoms with Crippen LogP contribution in [0.2, 0.25) is 0 Å². The summed E-state index contributed by atoms with van der Waals surface area (Å²) in [7, 11) is 1.37. The second-order valence-electron chi connectivity index (χ2n) is 8.03. The predicted molar refractivity (Wildman–Crippen MR) is 125 cm³/mol. The maximum Gasteiger partial charge on any atom is 0.407 e. The van der Waals surface area contributed by atoms with E-state index in [2.05, 4.69) is 22.8 Å². The third kappa shape index (κ3) is 5.73. The fourth-order valence-electron chi connectivity index (χ4n) is 4.08. The van der Waals surface area contributed by atoms with Crippen molar-refractivity contribution in [2.24, 2.45) is 0 Å². The number of carbonyl (C=O) groups is 3. The Kier molecular flexibility index (Phi) is 8.61. The number of benzene rings is 2. The molecule has 34 heavy (non-hydrogen) atoms. The summed E-state index contributed by atoms with van der Waals surface area (Å²) < 4.78 is 15.6. The summed E-state index contributed by atoms with van der Waals surface area (Å²) in [5.74, 6) is -1.79. The highest BCUT2D eigenvalue weighted by atomic mass is 16.5. The molecule has 1 aliphatic carbocycles. The minimum absolute atomic E-state index is 0.0294. The molecule has 1 unspecified atom stereocenters. The van der Waals surface area contributed by atoms with Crippen LogP contribution >= 0.6 is 0 Å². The second-order valence-corrected chi connectivity index (χ2v) is 8.03. The molecule has 0 bridgehead atoms. The summed E-state index contributed by atoms with van der Waals surface area (Å²) in [6, 6.07) is 16.2. The van der Waals surface area contributed by atoms with Crippen LogP contribution in [0.3, 0.4) is 0 Å². The van der Waals surface area contributed by atoms with Gasteiger partial charge in [0.05, 0.1) is 13.2 Å². The van der Waals surface area contributed by atoms with Crippen molar-refractivity contribution < 1.29 is 33.7 Å². The van der Waals surface area contributed by atoms with E-state index in [1.54, 1.807) is 6.92 Å². The van der Waals surface area contributed by atoms with E-state index >= 15 is 0 Å². The Hall–Kier alpha value is -3.43. The van der Waals surface area contributed by atoms with E-state index in [9.17, 15) is 19.5 Å². The molecule has 0 spiro atoms. The van der Waals surface area contributed by atoms with Gasteiger partial charge in [0.15, 0.2) is 5.54 Å². The molecule has 1 atom stereocenters. The Morgan fingerprint density at radius 1 is 1.03 bits per heavy atom. The van der Waals surface area contributed by atoms with E-state index in [0.29, 0.717) is 0 Å². The number of amides is 2. The first-order valence-electron chi connectivity index (χ1n) is 11.1. The molecule has 0 saturated heterocycles. The number of methoxy groups -OCH3 is 1. The number of rotatable bonds is 12. The Balaban J connectivity index is 1.40. The number of alkyl carbamates (subject to hydrolysis) is 1. The molecule has 0 fully saturated rings. The van der Waals surface area contributed by atoms with Crippen LogP contribution < -0.4 is 10.6 Å². The van der Waals surface area contributed by atoms with Gasteiger partial charge >= 0.3 is 12.1 Å². The number of nitrogens with one attached hydrogen (secondary N) is 2. The highest BCUT2D eigenvalue weighted by molar-refractivity contribution is 5.87. The summed E-state index contributed by atoms with van der Waals surface area (Å²) in [4.78, 5) is 35.7. The van der Waals surface area contributed by atoms with Gasteiger partial charge in [-0.2, -0.15) is 0 Å². The Morgan fingerprint density at radius 3 is 2.21 bits per heavy atom. The minimum atomic E-state index is -1.51. The van der Waals surface area contributed by atoms with Crippen molar-refractivity contribution in [3.63, 3.8) is 0 Å². The van der Waals surface area contributed by atoms with Crippen LogP contribution in [0.4, 0.5) is 4.79 Å². The second kappa shape index (κ2) is 11.6. The molecular formula is C25H30N2O7. The van der Waals surface area contributed by atoms with Crippen LogP contribution in [0.15, 0.2) is 48.5 Å². The van der Waals surface area contributed by atoms with E-state index in [1.807, 2.05) is 36.4 Å². The standard InChI is InChI=1S/C25H30N2O7/c1-3-25(16-32-2,23(29)30)27-22(28)15-33-13-12-26-24(31)34-14-21-19-10-6-4-8-17(19)18-9-5-7-11-20(18)21/h4-11,21H,3,12-16H2,1-2H3,(H,26,31)(H,27,28)(H,29,30). The van der Waals surface area contributed by atoms with Crippen molar-refractivity contribution in [2.75, 3.05) is 40.1 Å². The molecule has 2 amide bonds. The van der Waals surface area contributed by atoms with Gasteiger partial charge in [-0.25, -0.2) is 9.59 Å². The topological polar surface area (TPSA) is 123 Å². The van der Waals surface area contributed by atoms with E-state index in [1.165, 1.54) is 7.11 Å². The van der Waals surface area contributed by atoms with Gasteiger partial charge in [-0.3, -0.25) is 4.79 Å². The highest BCUT2D eigenvalue weighted by Gasteiger charge is 2.38. The lowest BCUT2D eigenvalue weighted by Crippen LogP contribution is -2.58. The maximum atomic E-state index is 12.1. The molecule has 0 saturated carbocycles. The molecule has 0 radical (unpaired) electrons. The van der Waals surface area contributed by atoms with Gasteiger partial charge in [0.2, 0.25) is 5.91 Å². The van der Waals surface area contributed by atoms with Crippen molar-refractivity contribution in [3.8, 4) is 11.1 Å². The fraction of sp³-hybridized carbons (Fsp3) is 0.400. The minimum Gasteiger partial charge on any atom is -0.479 e. The summed E-state index contributed by atoms with van der Waals surface area (Å²) in [6.07, 6.45) is -0.420. The molecule has 2 aromatic carbocycles. The molecule has 2 aromatic rings. The number of aliphatic carboxylic acids is 1. The molecule has 9 heteroatoms. The maximum absolute atomic E-state index is 12.1. The number of carboxylic acids is 1.